The average molecular weight is 230 g/mol. The van der Waals surface area contributed by atoms with Crippen molar-refractivity contribution in [3.8, 4) is 11.1 Å². The van der Waals surface area contributed by atoms with Gasteiger partial charge in [-0.2, -0.15) is 0 Å². The lowest BCUT2D eigenvalue weighted by molar-refractivity contribution is 0.0697. The van der Waals surface area contributed by atoms with E-state index in [9.17, 15) is 9.18 Å². The monoisotopic (exact) mass is 230 g/mol. The Morgan fingerprint density at radius 1 is 1.18 bits per heavy atom. The molecule has 0 bridgehead atoms. The zero-order chi connectivity index (χ0) is 12.4. The average Bonchev–Trinajstić information content (AvgIpc) is 2.33. The summed E-state index contributed by atoms with van der Waals surface area (Å²) in [5.41, 5.74) is 1.44. The van der Waals surface area contributed by atoms with Crippen molar-refractivity contribution >= 4 is 5.97 Å². The van der Waals surface area contributed by atoms with Gasteiger partial charge in [-0.05, 0) is 30.2 Å². The molecule has 0 saturated heterocycles. The Morgan fingerprint density at radius 3 is 2.41 bits per heavy atom. The van der Waals surface area contributed by atoms with Gasteiger partial charge < -0.3 is 5.11 Å². The second kappa shape index (κ2) is 4.37. The third kappa shape index (κ3) is 2.18. The molecule has 86 valence electrons. The molecule has 0 saturated carbocycles. The van der Waals surface area contributed by atoms with Crippen LogP contribution in [0.4, 0.5) is 4.39 Å². The summed E-state index contributed by atoms with van der Waals surface area (Å²) in [5.74, 6) is -1.42. The molecule has 0 aliphatic carbocycles. The van der Waals surface area contributed by atoms with Crippen molar-refractivity contribution in [3.63, 3.8) is 0 Å². The van der Waals surface area contributed by atoms with Gasteiger partial charge in [0.1, 0.15) is 5.82 Å². The number of hydrogen-bond acceptors (Lipinski definition) is 1. The number of rotatable bonds is 2. The molecule has 0 atom stereocenters. The molecule has 0 radical (unpaired) electrons. The zero-order valence-corrected chi connectivity index (χ0v) is 9.27. The molecule has 0 aliphatic heterocycles. The molecule has 0 aliphatic rings. The zero-order valence-electron chi connectivity index (χ0n) is 9.27. The lowest BCUT2D eigenvalue weighted by Crippen LogP contribution is -2.00. The molecule has 2 aromatic carbocycles. The fourth-order valence-corrected chi connectivity index (χ4v) is 1.72. The first-order valence-electron chi connectivity index (χ1n) is 5.18. The van der Waals surface area contributed by atoms with Crippen molar-refractivity contribution < 1.29 is 14.3 Å². The van der Waals surface area contributed by atoms with Crippen molar-refractivity contribution in [2.24, 2.45) is 0 Å². The molecule has 2 aromatic rings. The lowest BCUT2D eigenvalue weighted by atomic mass is 9.99. The Balaban J connectivity index is 2.65. The Labute approximate surface area is 98.3 Å². The molecule has 1 N–H and O–H groups in total. The van der Waals surface area contributed by atoms with E-state index in [1.54, 1.807) is 31.2 Å². The summed E-state index contributed by atoms with van der Waals surface area (Å²) < 4.78 is 13.9. The number of aryl methyl sites for hydroxylation is 1. The minimum absolute atomic E-state index is 0.0998. The molecule has 0 fully saturated rings. The van der Waals surface area contributed by atoms with Gasteiger partial charge in [-0.15, -0.1) is 0 Å². The van der Waals surface area contributed by atoms with E-state index in [-0.39, 0.29) is 11.4 Å². The van der Waals surface area contributed by atoms with Gasteiger partial charge in [-0.25, -0.2) is 9.18 Å². The van der Waals surface area contributed by atoms with Crippen LogP contribution >= 0.6 is 0 Å². The Hall–Kier alpha value is -2.16. The molecular weight excluding hydrogens is 219 g/mol. The van der Waals surface area contributed by atoms with Gasteiger partial charge in [0.25, 0.3) is 0 Å². The molecule has 2 rings (SSSR count). The van der Waals surface area contributed by atoms with Crippen LogP contribution in [0.25, 0.3) is 11.1 Å². The first-order chi connectivity index (χ1) is 8.09. The molecule has 0 spiro atoms. The second-order valence-electron chi connectivity index (χ2n) is 3.83. The maximum absolute atomic E-state index is 13.9. The highest BCUT2D eigenvalue weighted by Crippen LogP contribution is 2.26. The number of benzene rings is 2. The predicted octanol–water partition coefficient (Wildman–Crippen LogP) is 3.50. The van der Waals surface area contributed by atoms with Crippen LogP contribution in [0.3, 0.4) is 0 Å². The molecule has 2 nitrogen and oxygen atoms in total. The van der Waals surface area contributed by atoms with Crippen molar-refractivity contribution in [3.05, 3.63) is 59.4 Å². The molecular formula is C14H11FO2. The van der Waals surface area contributed by atoms with E-state index in [1.165, 1.54) is 12.1 Å². The van der Waals surface area contributed by atoms with E-state index in [4.69, 9.17) is 5.11 Å². The Kier molecular flexibility index (Phi) is 2.91. The normalized spacial score (nSPS) is 10.2. The highest BCUT2D eigenvalue weighted by Gasteiger charge is 2.12. The molecule has 0 heterocycles. The molecule has 0 unspecified atom stereocenters. The van der Waals surface area contributed by atoms with Crippen molar-refractivity contribution in [2.75, 3.05) is 0 Å². The maximum Gasteiger partial charge on any atom is 0.335 e. The van der Waals surface area contributed by atoms with E-state index >= 15 is 0 Å². The largest absolute Gasteiger partial charge is 0.478 e. The first-order valence-corrected chi connectivity index (χ1v) is 5.18. The summed E-state index contributed by atoms with van der Waals surface area (Å²) in [4.78, 5) is 10.9. The Morgan fingerprint density at radius 2 is 1.82 bits per heavy atom. The third-order valence-electron chi connectivity index (χ3n) is 2.59. The van der Waals surface area contributed by atoms with Crippen molar-refractivity contribution in [1.82, 2.24) is 0 Å². The second-order valence-corrected chi connectivity index (χ2v) is 3.83. The quantitative estimate of drug-likeness (QED) is 0.857. The number of carboxylic acid groups (broad SMARTS) is 1. The van der Waals surface area contributed by atoms with Gasteiger partial charge in [-0.3, -0.25) is 0 Å². The van der Waals surface area contributed by atoms with Crippen LogP contribution in [0.2, 0.25) is 0 Å². The predicted molar refractivity (Wildman–Crippen MR) is 63.5 cm³/mol. The number of halogens is 1. The van der Waals surface area contributed by atoms with Crippen LogP contribution in [0.1, 0.15) is 15.9 Å². The van der Waals surface area contributed by atoms with Gasteiger partial charge in [0.15, 0.2) is 0 Å². The summed E-state index contributed by atoms with van der Waals surface area (Å²) in [7, 11) is 0. The highest BCUT2D eigenvalue weighted by atomic mass is 19.1. The standard InChI is InChI=1S/C14H11FO2/c1-9-7-11(14(16)17)8-12(13(9)15)10-5-3-2-4-6-10/h2-8H,1H3,(H,16,17). The fraction of sp³-hybridized carbons (Fsp3) is 0.0714. The van der Waals surface area contributed by atoms with E-state index in [0.29, 0.717) is 16.7 Å². The van der Waals surface area contributed by atoms with Crippen LogP contribution in [-0.2, 0) is 0 Å². The molecule has 0 aromatic heterocycles. The molecule has 17 heavy (non-hydrogen) atoms. The number of carboxylic acids is 1. The topological polar surface area (TPSA) is 37.3 Å². The van der Waals surface area contributed by atoms with Gasteiger partial charge >= 0.3 is 5.97 Å². The van der Waals surface area contributed by atoms with Gasteiger partial charge in [0.05, 0.1) is 5.56 Å². The third-order valence-corrected chi connectivity index (χ3v) is 2.59. The lowest BCUT2D eigenvalue weighted by Gasteiger charge is -2.07. The molecule has 3 heteroatoms. The summed E-state index contributed by atoms with van der Waals surface area (Å²) in [6, 6.07) is 11.6. The highest BCUT2D eigenvalue weighted by molar-refractivity contribution is 5.90. The number of carbonyl (C=O) groups is 1. The SMILES string of the molecule is Cc1cc(C(=O)O)cc(-c2ccccc2)c1F. The fourth-order valence-electron chi connectivity index (χ4n) is 1.72. The number of aromatic carboxylic acids is 1. The smallest absolute Gasteiger partial charge is 0.335 e. The van der Waals surface area contributed by atoms with E-state index in [2.05, 4.69) is 0 Å². The van der Waals surface area contributed by atoms with Crippen LogP contribution in [0, 0.1) is 12.7 Å². The van der Waals surface area contributed by atoms with E-state index in [0.717, 1.165) is 0 Å². The van der Waals surface area contributed by atoms with Crippen LogP contribution in [0.15, 0.2) is 42.5 Å². The van der Waals surface area contributed by atoms with Crippen molar-refractivity contribution in [1.29, 1.82) is 0 Å². The van der Waals surface area contributed by atoms with Crippen molar-refractivity contribution in [2.45, 2.75) is 6.92 Å². The first kappa shape index (κ1) is 11.3. The Bertz CT molecular complexity index is 562. The molecule has 0 amide bonds. The summed E-state index contributed by atoms with van der Waals surface area (Å²) in [5, 5.41) is 8.95. The maximum atomic E-state index is 13.9. The summed E-state index contributed by atoms with van der Waals surface area (Å²) in [6.45, 7) is 1.56. The van der Waals surface area contributed by atoms with E-state index in [1.807, 2.05) is 6.07 Å². The summed E-state index contributed by atoms with van der Waals surface area (Å²) >= 11 is 0. The van der Waals surface area contributed by atoms with E-state index < -0.39 is 5.97 Å². The van der Waals surface area contributed by atoms with Crippen LogP contribution < -0.4 is 0 Å². The van der Waals surface area contributed by atoms with Gasteiger partial charge in [0, 0.05) is 5.56 Å². The minimum atomic E-state index is -1.05. The van der Waals surface area contributed by atoms with Crippen LogP contribution in [-0.4, -0.2) is 11.1 Å². The number of hydrogen-bond donors (Lipinski definition) is 1. The van der Waals surface area contributed by atoms with Gasteiger partial charge in [-0.1, -0.05) is 30.3 Å². The van der Waals surface area contributed by atoms with Gasteiger partial charge in [0.2, 0.25) is 0 Å². The van der Waals surface area contributed by atoms with Crippen LogP contribution in [0.5, 0.6) is 0 Å². The summed E-state index contributed by atoms with van der Waals surface area (Å²) in [6.07, 6.45) is 0. The minimum Gasteiger partial charge on any atom is -0.478 e.